The summed E-state index contributed by atoms with van der Waals surface area (Å²) < 4.78 is 0.973. The molecule has 138 valence electrons. The summed E-state index contributed by atoms with van der Waals surface area (Å²) in [5.74, 6) is -0.379. The fourth-order valence-corrected chi connectivity index (χ4v) is 4.30. The first-order valence-electron chi connectivity index (χ1n) is 8.42. The molecule has 1 aliphatic heterocycles. The number of hydrazone groups is 1. The Morgan fingerprint density at radius 3 is 2.89 bits per heavy atom. The maximum absolute atomic E-state index is 12.9. The van der Waals surface area contributed by atoms with Crippen LogP contribution in [0.3, 0.4) is 0 Å². The Morgan fingerprint density at radius 2 is 2.07 bits per heavy atom. The summed E-state index contributed by atoms with van der Waals surface area (Å²) in [6.45, 7) is 2.41. The van der Waals surface area contributed by atoms with E-state index in [1.165, 1.54) is 16.3 Å². The topological polar surface area (TPSA) is 71.6 Å². The Hall–Kier alpha value is -2.15. The van der Waals surface area contributed by atoms with Gasteiger partial charge in [0.05, 0.1) is 28.4 Å². The van der Waals surface area contributed by atoms with Crippen LogP contribution in [0.2, 0.25) is 10.0 Å². The van der Waals surface area contributed by atoms with E-state index < -0.39 is 0 Å². The standard InChI is InChI=1S/C19H16Cl2N4OS/c1-10(11-2-5-16-17(8-11)27-19(22)23-16)18(26)25-7-6-15(24-25)13-9-12(20)3-4-14(13)21/h2-5,8-10H,6-7H2,1H3,(H2,22,23). The second-order valence-electron chi connectivity index (χ2n) is 6.38. The monoisotopic (exact) mass is 418 g/mol. The van der Waals surface area contributed by atoms with E-state index in [0.29, 0.717) is 28.1 Å². The fourth-order valence-electron chi connectivity index (χ4n) is 3.12. The van der Waals surface area contributed by atoms with E-state index in [-0.39, 0.29) is 11.8 Å². The van der Waals surface area contributed by atoms with Gasteiger partial charge in [0.25, 0.3) is 0 Å². The highest BCUT2D eigenvalue weighted by Crippen LogP contribution is 2.30. The van der Waals surface area contributed by atoms with Crippen LogP contribution in [-0.2, 0) is 4.79 Å². The Morgan fingerprint density at radius 1 is 1.26 bits per heavy atom. The van der Waals surface area contributed by atoms with Gasteiger partial charge in [-0.25, -0.2) is 9.99 Å². The lowest BCUT2D eigenvalue weighted by atomic mass is 10.00. The smallest absolute Gasteiger partial charge is 0.249 e. The fraction of sp³-hybridized carbons (Fsp3) is 0.211. The van der Waals surface area contributed by atoms with Crippen molar-refractivity contribution in [1.29, 1.82) is 0 Å². The molecule has 3 aromatic rings. The van der Waals surface area contributed by atoms with E-state index in [1.807, 2.05) is 25.1 Å². The van der Waals surface area contributed by atoms with Crippen LogP contribution < -0.4 is 5.73 Å². The molecule has 1 aromatic heterocycles. The quantitative estimate of drug-likeness (QED) is 0.655. The SMILES string of the molecule is CC(C(=O)N1CCC(c2cc(Cl)ccc2Cl)=N1)c1ccc2nc(N)sc2c1. The maximum Gasteiger partial charge on any atom is 0.249 e. The zero-order valence-corrected chi connectivity index (χ0v) is 16.8. The van der Waals surface area contributed by atoms with Crippen LogP contribution in [0, 0.1) is 0 Å². The third-order valence-corrected chi connectivity index (χ3v) is 6.01. The van der Waals surface area contributed by atoms with Gasteiger partial charge >= 0.3 is 0 Å². The predicted molar refractivity (Wildman–Crippen MR) is 112 cm³/mol. The highest BCUT2D eigenvalue weighted by Gasteiger charge is 2.27. The minimum Gasteiger partial charge on any atom is -0.375 e. The zero-order chi connectivity index (χ0) is 19.1. The van der Waals surface area contributed by atoms with Crippen LogP contribution in [0.25, 0.3) is 10.2 Å². The summed E-state index contributed by atoms with van der Waals surface area (Å²) in [6.07, 6.45) is 0.642. The molecule has 0 fully saturated rings. The van der Waals surface area contributed by atoms with E-state index in [2.05, 4.69) is 10.1 Å². The largest absolute Gasteiger partial charge is 0.375 e. The number of halogens is 2. The second kappa shape index (κ2) is 7.11. The number of nitrogens with two attached hydrogens (primary N) is 1. The first kappa shape index (κ1) is 18.2. The number of carbonyl (C=O) groups is 1. The summed E-state index contributed by atoms with van der Waals surface area (Å²) in [5.41, 5.74) is 9.07. The number of benzene rings is 2. The Labute approximate surface area is 170 Å². The summed E-state index contributed by atoms with van der Waals surface area (Å²) in [5, 5.41) is 7.71. The summed E-state index contributed by atoms with van der Waals surface area (Å²) in [4.78, 5) is 17.2. The number of fused-ring (bicyclic) bond motifs is 1. The molecule has 1 aliphatic rings. The van der Waals surface area contributed by atoms with Crippen molar-refractivity contribution >= 4 is 61.5 Å². The van der Waals surface area contributed by atoms with Crippen LogP contribution in [0.15, 0.2) is 41.5 Å². The Kier molecular flexibility index (Phi) is 4.80. The van der Waals surface area contributed by atoms with E-state index >= 15 is 0 Å². The minimum atomic E-state index is -0.323. The highest BCUT2D eigenvalue weighted by molar-refractivity contribution is 7.22. The summed E-state index contributed by atoms with van der Waals surface area (Å²) in [6, 6.07) is 11.0. The van der Waals surface area contributed by atoms with Crippen molar-refractivity contribution in [3.05, 3.63) is 57.6 Å². The molecule has 1 unspecified atom stereocenters. The molecule has 0 spiro atoms. The molecular formula is C19H16Cl2N4OS. The van der Waals surface area contributed by atoms with Gasteiger partial charge in [-0.2, -0.15) is 5.10 Å². The third kappa shape index (κ3) is 3.52. The van der Waals surface area contributed by atoms with E-state index in [4.69, 9.17) is 28.9 Å². The van der Waals surface area contributed by atoms with E-state index in [9.17, 15) is 4.79 Å². The zero-order valence-electron chi connectivity index (χ0n) is 14.4. The van der Waals surface area contributed by atoms with Crippen molar-refractivity contribution in [2.75, 3.05) is 12.3 Å². The molecule has 2 aromatic carbocycles. The Balaban J connectivity index is 1.58. The lowest BCUT2D eigenvalue weighted by Gasteiger charge is -2.17. The summed E-state index contributed by atoms with van der Waals surface area (Å²) in [7, 11) is 0. The number of aromatic nitrogens is 1. The van der Waals surface area contributed by atoms with E-state index in [1.54, 1.807) is 18.2 Å². The summed E-state index contributed by atoms with van der Waals surface area (Å²) >= 11 is 13.7. The van der Waals surface area contributed by atoms with Gasteiger partial charge in [-0.3, -0.25) is 4.79 Å². The number of hydrogen-bond donors (Lipinski definition) is 1. The molecule has 2 heterocycles. The molecule has 5 nitrogen and oxygen atoms in total. The molecule has 2 N–H and O–H groups in total. The van der Waals surface area contributed by atoms with Gasteiger partial charge in [0.1, 0.15) is 0 Å². The average molecular weight is 419 g/mol. The van der Waals surface area contributed by atoms with Crippen molar-refractivity contribution in [2.24, 2.45) is 5.10 Å². The van der Waals surface area contributed by atoms with Gasteiger partial charge in [-0.1, -0.05) is 40.6 Å². The first-order valence-corrected chi connectivity index (χ1v) is 10.00. The molecule has 0 bridgehead atoms. The van der Waals surface area contributed by atoms with Crippen molar-refractivity contribution in [3.63, 3.8) is 0 Å². The number of hydrogen-bond acceptors (Lipinski definition) is 5. The van der Waals surface area contributed by atoms with Gasteiger partial charge in [-0.05, 0) is 42.8 Å². The normalized spacial score (nSPS) is 15.2. The van der Waals surface area contributed by atoms with E-state index in [0.717, 1.165) is 27.1 Å². The number of carbonyl (C=O) groups excluding carboxylic acids is 1. The highest BCUT2D eigenvalue weighted by atomic mass is 35.5. The molecular weight excluding hydrogens is 403 g/mol. The molecule has 0 saturated heterocycles. The third-order valence-electron chi connectivity index (χ3n) is 4.59. The maximum atomic E-state index is 12.9. The number of rotatable bonds is 3. The van der Waals surface area contributed by atoms with Crippen LogP contribution in [0.5, 0.6) is 0 Å². The van der Waals surface area contributed by atoms with Gasteiger partial charge in [0, 0.05) is 22.0 Å². The molecule has 0 aliphatic carbocycles. The van der Waals surface area contributed by atoms with Crippen LogP contribution in [0.1, 0.15) is 30.4 Å². The Bertz CT molecular complexity index is 1080. The van der Waals surface area contributed by atoms with Gasteiger partial charge in [0.2, 0.25) is 5.91 Å². The number of nitrogen functional groups attached to an aromatic ring is 1. The number of thiazole rings is 1. The lowest BCUT2D eigenvalue weighted by molar-refractivity contribution is -0.131. The van der Waals surface area contributed by atoms with Crippen molar-refractivity contribution in [1.82, 2.24) is 9.99 Å². The van der Waals surface area contributed by atoms with Crippen molar-refractivity contribution < 1.29 is 4.79 Å². The number of anilines is 1. The molecule has 8 heteroatoms. The van der Waals surface area contributed by atoms with Crippen LogP contribution in [-0.4, -0.2) is 28.2 Å². The van der Waals surface area contributed by atoms with Crippen molar-refractivity contribution in [2.45, 2.75) is 19.3 Å². The molecule has 27 heavy (non-hydrogen) atoms. The first-order chi connectivity index (χ1) is 12.9. The molecule has 1 atom stereocenters. The molecule has 0 radical (unpaired) electrons. The average Bonchev–Trinajstić information content (AvgIpc) is 3.27. The molecule has 1 amide bonds. The lowest BCUT2D eigenvalue weighted by Crippen LogP contribution is -2.28. The minimum absolute atomic E-state index is 0.0556. The van der Waals surface area contributed by atoms with Gasteiger partial charge in [0.15, 0.2) is 5.13 Å². The molecule has 4 rings (SSSR count). The predicted octanol–water partition coefficient (Wildman–Crippen LogP) is 4.93. The molecule has 0 saturated carbocycles. The van der Waals surface area contributed by atoms with Crippen molar-refractivity contribution in [3.8, 4) is 0 Å². The van der Waals surface area contributed by atoms with Gasteiger partial charge < -0.3 is 5.73 Å². The second-order valence-corrected chi connectivity index (χ2v) is 8.29. The number of amides is 1. The van der Waals surface area contributed by atoms with Crippen LogP contribution in [0.4, 0.5) is 5.13 Å². The number of nitrogens with zero attached hydrogens (tertiary/aromatic N) is 3. The van der Waals surface area contributed by atoms with Gasteiger partial charge in [-0.15, -0.1) is 0 Å². The van der Waals surface area contributed by atoms with Crippen LogP contribution >= 0.6 is 34.5 Å².